The van der Waals surface area contributed by atoms with E-state index in [1.807, 2.05) is 26.0 Å². The average molecular weight is 376 g/mol. The monoisotopic (exact) mass is 375 g/mol. The predicted molar refractivity (Wildman–Crippen MR) is 101 cm³/mol. The lowest BCUT2D eigenvalue weighted by molar-refractivity contribution is -0.148. The lowest BCUT2D eigenvalue weighted by Gasteiger charge is -2.14. The summed E-state index contributed by atoms with van der Waals surface area (Å²) >= 11 is 5.88. The number of amides is 1. The van der Waals surface area contributed by atoms with Crippen LogP contribution in [0, 0.1) is 19.7 Å². The third-order valence-corrected chi connectivity index (χ3v) is 4.02. The van der Waals surface area contributed by atoms with Crippen molar-refractivity contribution in [2.24, 2.45) is 0 Å². The molecule has 4 nitrogen and oxygen atoms in total. The Labute approximate surface area is 156 Å². The van der Waals surface area contributed by atoms with Gasteiger partial charge in [0.2, 0.25) is 0 Å². The Balaban J connectivity index is 1.97. The fraction of sp³-hybridized carbons (Fsp3) is 0.200. The number of esters is 1. The van der Waals surface area contributed by atoms with E-state index in [1.54, 1.807) is 6.07 Å². The Kier molecular flexibility index (Phi) is 6.52. The van der Waals surface area contributed by atoms with E-state index in [9.17, 15) is 14.0 Å². The molecular weight excluding hydrogens is 357 g/mol. The molecular formula is C20H19ClFNO3. The van der Waals surface area contributed by atoms with Crippen LogP contribution in [0.1, 0.15) is 23.6 Å². The molecule has 0 aromatic heterocycles. The number of halogens is 2. The zero-order valence-electron chi connectivity index (χ0n) is 14.7. The van der Waals surface area contributed by atoms with Crippen LogP contribution in [0.3, 0.4) is 0 Å². The van der Waals surface area contributed by atoms with E-state index in [0.29, 0.717) is 5.69 Å². The number of benzene rings is 2. The lowest BCUT2D eigenvalue weighted by Crippen LogP contribution is -2.29. The number of carbonyl (C=O) groups is 2. The molecule has 1 N–H and O–H groups in total. The quantitative estimate of drug-likeness (QED) is 0.609. The highest BCUT2D eigenvalue weighted by molar-refractivity contribution is 6.32. The van der Waals surface area contributed by atoms with E-state index < -0.39 is 23.8 Å². The van der Waals surface area contributed by atoms with Crippen LogP contribution in [0.5, 0.6) is 0 Å². The van der Waals surface area contributed by atoms with E-state index in [4.69, 9.17) is 16.3 Å². The van der Waals surface area contributed by atoms with Crippen molar-refractivity contribution in [3.8, 4) is 0 Å². The van der Waals surface area contributed by atoms with Crippen molar-refractivity contribution in [2.75, 3.05) is 5.32 Å². The second kappa shape index (κ2) is 8.63. The molecule has 2 aromatic carbocycles. The maximum atomic E-state index is 13.6. The van der Waals surface area contributed by atoms with Gasteiger partial charge in [-0.2, -0.15) is 0 Å². The smallest absolute Gasteiger partial charge is 0.331 e. The standard InChI is InChI=1S/C20H19ClFNO3/c1-12-7-9-18(13(2)11-12)23-20(25)14(3)26-19(24)10-8-15-16(21)5-4-6-17(15)22/h4-11,14H,1-3H3,(H,23,25). The summed E-state index contributed by atoms with van der Waals surface area (Å²) in [5.74, 6) is -1.78. The van der Waals surface area contributed by atoms with Gasteiger partial charge < -0.3 is 10.1 Å². The Morgan fingerprint density at radius 3 is 2.62 bits per heavy atom. The van der Waals surface area contributed by atoms with E-state index in [1.165, 1.54) is 31.2 Å². The van der Waals surface area contributed by atoms with Crippen molar-refractivity contribution in [3.63, 3.8) is 0 Å². The number of aryl methyl sites for hydroxylation is 2. The zero-order chi connectivity index (χ0) is 19.3. The number of ether oxygens (including phenoxy) is 1. The Morgan fingerprint density at radius 1 is 1.23 bits per heavy atom. The maximum Gasteiger partial charge on any atom is 0.331 e. The molecule has 1 atom stereocenters. The van der Waals surface area contributed by atoms with Gasteiger partial charge in [-0.25, -0.2) is 9.18 Å². The minimum Gasteiger partial charge on any atom is -0.449 e. The minimum atomic E-state index is -1.01. The van der Waals surface area contributed by atoms with Crippen molar-refractivity contribution in [3.05, 3.63) is 70.0 Å². The molecule has 0 fully saturated rings. The van der Waals surface area contributed by atoms with Gasteiger partial charge >= 0.3 is 5.97 Å². The van der Waals surface area contributed by atoms with Crippen LogP contribution < -0.4 is 5.32 Å². The summed E-state index contributed by atoms with van der Waals surface area (Å²) in [6.07, 6.45) is 1.24. The van der Waals surface area contributed by atoms with Gasteiger partial charge in [-0.3, -0.25) is 4.79 Å². The molecule has 0 radical (unpaired) electrons. The molecule has 0 heterocycles. The number of rotatable bonds is 5. The molecule has 1 unspecified atom stereocenters. The number of nitrogens with one attached hydrogen (secondary N) is 1. The summed E-state index contributed by atoms with van der Waals surface area (Å²) in [4.78, 5) is 24.0. The molecule has 0 bridgehead atoms. The van der Waals surface area contributed by atoms with E-state index in [-0.39, 0.29) is 10.6 Å². The van der Waals surface area contributed by atoms with E-state index in [0.717, 1.165) is 17.2 Å². The molecule has 2 aromatic rings. The number of hydrogen-bond donors (Lipinski definition) is 1. The largest absolute Gasteiger partial charge is 0.449 e. The molecule has 0 aliphatic heterocycles. The van der Waals surface area contributed by atoms with Crippen molar-refractivity contribution in [2.45, 2.75) is 26.9 Å². The number of anilines is 1. The Hall–Kier alpha value is -2.66. The van der Waals surface area contributed by atoms with Gasteiger partial charge in [-0.1, -0.05) is 35.4 Å². The zero-order valence-corrected chi connectivity index (χ0v) is 15.4. The molecule has 2 rings (SSSR count). The molecule has 0 saturated heterocycles. The first-order valence-electron chi connectivity index (χ1n) is 7.98. The summed E-state index contributed by atoms with van der Waals surface area (Å²) in [5, 5.41) is 2.89. The molecule has 1 amide bonds. The number of carbonyl (C=O) groups excluding carboxylic acids is 2. The third kappa shape index (κ3) is 5.17. The summed E-state index contributed by atoms with van der Waals surface area (Å²) in [7, 11) is 0. The SMILES string of the molecule is Cc1ccc(NC(=O)C(C)OC(=O)C=Cc2c(F)cccc2Cl)c(C)c1. The highest BCUT2D eigenvalue weighted by Crippen LogP contribution is 2.20. The first-order chi connectivity index (χ1) is 12.3. The highest BCUT2D eigenvalue weighted by atomic mass is 35.5. The van der Waals surface area contributed by atoms with Crippen LogP contribution >= 0.6 is 11.6 Å². The fourth-order valence-electron chi connectivity index (χ4n) is 2.28. The molecule has 0 aliphatic rings. The van der Waals surface area contributed by atoms with Crippen molar-refractivity contribution >= 4 is 35.2 Å². The molecule has 0 aliphatic carbocycles. The van der Waals surface area contributed by atoms with Crippen molar-refractivity contribution < 1.29 is 18.7 Å². The van der Waals surface area contributed by atoms with Crippen LogP contribution in [0.4, 0.5) is 10.1 Å². The van der Waals surface area contributed by atoms with Gasteiger partial charge in [0.1, 0.15) is 5.82 Å². The fourth-order valence-corrected chi connectivity index (χ4v) is 2.50. The van der Waals surface area contributed by atoms with Gasteiger partial charge in [0.25, 0.3) is 5.91 Å². The van der Waals surface area contributed by atoms with E-state index in [2.05, 4.69) is 5.32 Å². The molecule has 0 saturated carbocycles. The lowest BCUT2D eigenvalue weighted by atomic mass is 10.1. The van der Waals surface area contributed by atoms with E-state index >= 15 is 0 Å². The van der Waals surface area contributed by atoms with Crippen molar-refractivity contribution in [1.82, 2.24) is 0 Å². The summed E-state index contributed by atoms with van der Waals surface area (Å²) in [6.45, 7) is 5.29. The first kappa shape index (κ1) is 19.7. The van der Waals surface area contributed by atoms with Crippen LogP contribution in [0.15, 0.2) is 42.5 Å². The van der Waals surface area contributed by atoms with Crippen LogP contribution in [-0.4, -0.2) is 18.0 Å². The normalized spacial score (nSPS) is 12.0. The first-order valence-corrected chi connectivity index (χ1v) is 8.36. The molecule has 0 spiro atoms. The van der Waals surface area contributed by atoms with Crippen LogP contribution in [-0.2, 0) is 14.3 Å². The minimum absolute atomic E-state index is 0.0819. The van der Waals surface area contributed by atoms with Crippen LogP contribution in [0.25, 0.3) is 6.08 Å². The average Bonchev–Trinajstić information content (AvgIpc) is 2.56. The molecule has 26 heavy (non-hydrogen) atoms. The van der Waals surface area contributed by atoms with Crippen molar-refractivity contribution in [1.29, 1.82) is 0 Å². The summed E-state index contributed by atoms with van der Waals surface area (Å²) < 4.78 is 18.7. The maximum absolute atomic E-state index is 13.6. The molecule has 136 valence electrons. The third-order valence-electron chi connectivity index (χ3n) is 3.69. The van der Waals surface area contributed by atoms with Gasteiger partial charge in [0, 0.05) is 17.3 Å². The van der Waals surface area contributed by atoms with Gasteiger partial charge in [0.15, 0.2) is 6.10 Å². The van der Waals surface area contributed by atoms with Gasteiger partial charge in [-0.05, 0) is 50.6 Å². The summed E-state index contributed by atoms with van der Waals surface area (Å²) in [5.41, 5.74) is 2.72. The predicted octanol–water partition coefficient (Wildman–Crippen LogP) is 4.68. The second-order valence-electron chi connectivity index (χ2n) is 5.86. The van der Waals surface area contributed by atoms with Gasteiger partial charge in [-0.15, -0.1) is 0 Å². The Bertz CT molecular complexity index is 844. The summed E-state index contributed by atoms with van der Waals surface area (Å²) in [6, 6.07) is 9.81. The topological polar surface area (TPSA) is 55.4 Å². The Morgan fingerprint density at radius 2 is 1.96 bits per heavy atom. The van der Waals surface area contributed by atoms with Crippen LogP contribution in [0.2, 0.25) is 5.02 Å². The molecule has 6 heteroatoms. The van der Waals surface area contributed by atoms with Gasteiger partial charge in [0.05, 0.1) is 5.02 Å². The second-order valence-corrected chi connectivity index (χ2v) is 6.26. The highest BCUT2D eigenvalue weighted by Gasteiger charge is 2.17. The number of hydrogen-bond acceptors (Lipinski definition) is 3.